The molecule has 0 saturated carbocycles. The van der Waals surface area contributed by atoms with Crippen molar-refractivity contribution in [2.24, 2.45) is 0 Å². The molecule has 0 amide bonds. The molecule has 2 nitrogen and oxygen atoms in total. The Kier molecular flexibility index (Phi) is 4.38. The SMILES string of the molecule is CC(CC=O)SC#N. The lowest BCUT2D eigenvalue weighted by atomic mass is 10.4. The van der Waals surface area contributed by atoms with Gasteiger partial charge in [0.15, 0.2) is 0 Å². The minimum absolute atomic E-state index is 0.150. The number of thiocyanates is 1. The molecule has 0 fully saturated rings. The first-order valence-electron chi connectivity index (χ1n) is 2.29. The van der Waals surface area contributed by atoms with Crippen LogP contribution in [0.2, 0.25) is 0 Å². The fourth-order valence-corrected chi connectivity index (χ4v) is 0.628. The Balaban J connectivity index is 3.20. The van der Waals surface area contributed by atoms with Gasteiger partial charge in [0.1, 0.15) is 11.7 Å². The van der Waals surface area contributed by atoms with E-state index in [-0.39, 0.29) is 5.25 Å². The van der Waals surface area contributed by atoms with Crippen LogP contribution in [0.25, 0.3) is 0 Å². The van der Waals surface area contributed by atoms with Gasteiger partial charge in [0.2, 0.25) is 0 Å². The summed E-state index contributed by atoms with van der Waals surface area (Å²) in [6, 6.07) is 0. The summed E-state index contributed by atoms with van der Waals surface area (Å²) in [7, 11) is 0. The van der Waals surface area contributed by atoms with Gasteiger partial charge in [-0.1, -0.05) is 6.92 Å². The summed E-state index contributed by atoms with van der Waals surface area (Å²) >= 11 is 1.13. The van der Waals surface area contributed by atoms with E-state index < -0.39 is 0 Å². The zero-order chi connectivity index (χ0) is 6.41. The van der Waals surface area contributed by atoms with Gasteiger partial charge in [-0.2, -0.15) is 5.26 Å². The second-order valence-electron chi connectivity index (χ2n) is 1.42. The Morgan fingerprint density at radius 1 is 2.00 bits per heavy atom. The van der Waals surface area contributed by atoms with E-state index in [1.54, 1.807) is 0 Å². The van der Waals surface area contributed by atoms with Crippen LogP contribution in [-0.2, 0) is 4.79 Å². The van der Waals surface area contributed by atoms with Gasteiger partial charge in [0, 0.05) is 11.7 Å². The Morgan fingerprint density at radius 2 is 2.62 bits per heavy atom. The average molecular weight is 129 g/mol. The molecule has 44 valence electrons. The number of thioether (sulfide) groups is 1. The summed E-state index contributed by atoms with van der Waals surface area (Å²) in [6.07, 6.45) is 1.30. The highest BCUT2D eigenvalue weighted by atomic mass is 32.2. The van der Waals surface area contributed by atoms with E-state index in [1.807, 2.05) is 12.3 Å². The van der Waals surface area contributed by atoms with Crippen LogP contribution in [0.4, 0.5) is 0 Å². The van der Waals surface area contributed by atoms with Crippen molar-refractivity contribution in [3.63, 3.8) is 0 Å². The third-order valence-electron chi connectivity index (χ3n) is 0.682. The first kappa shape index (κ1) is 7.51. The number of nitrogens with zero attached hydrogens (tertiary/aromatic N) is 1. The minimum atomic E-state index is 0.150. The number of hydrogen-bond acceptors (Lipinski definition) is 3. The molecule has 0 aliphatic carbocycles. The lowest BCUT2D eigenvalue weighted by molar-refractivity contribution is -0.107. The summed E-state index contributed by atoms with van der Waals surface area (Å²) in [5.41, 5.74) is 0. The van der Waals surface area contributed by atoms with E-state index in [0.717, 1.165) is 18.0 Å². The van der Waals surface area contributed by atoms with E-state index in [2.05, 4.69) is 0 Å². The summed E-state index contributed by atoms with van der Waals surface area (Å²) in [4.78, 5) is 9.77. The van der Waals surface area contributed by atoms with Crippen LogP contribution in [0.15, 0.2) is 0 Å². The molecule has 0 heterocycles. The quantitative estimate of drug-likeness (QED) is 0.424. The average Bonchev–Trinajstić information content (AvgIpc) is 1.68. The Labute approximate surface area is 52.9 Å². The zero-order valence-electron chi connectivity index (χ0n) is 4.63. The van der Waals surface area contributed by atoms with Crippen molar-refractivity contribution >= 4 is 18.0 Å². The maximum absolute atomic E-state index is 9.77. The van der Waals surface area contributed by atoms with Gasteiger partial charge in [0.05, 0.1) is 0 Å². The first-order chi connectivity index (χ1) is 3.81. The van der Waals surface area contributed by atoms with E-state index >= 15 is 0 Å². The number of nitriles is 1. The first-order valence-corrected chi connectivity index (χ1v) is 3.17. The highest BCUT2D eigenvalue weighted by molar-refractivity contribution is 8.04. The lowest BCUT2D eigenvalue weighted by Crippen LogP contribution is -1.93. The van der Waals surface area contributed by atoms with E-state index in [4.69, 9.17) is 5.26 Å². The van der Waals surface area contributed by atoms with Crippen LogP contribution in [0.5, 0.6) is 0 Å². The third kappa shape index (κ3) is 3.69. The normalized spacial score (nSPS) is 12.0. The Morgan fingerprint density at radius 3 is 3.00 bits per heavy atom. The van der Waals surface area contributed by atoms with E-state index in [1.165, 1.54) is 0 Å². The standard InChI is InChI=1S/C5H7NOS/c1-5(2-3-7)8-4-6/h3,5H,2H2,1H3. The molecule has 3 heteroatoms. The number of carbonyl (C=O) groups is 1. The van der Waals surface area contributed by atoms with Crippen molar-refractivity contribution in [2.45, 2.75) is 18.6 Å². The van der Waals surface area contributed by atoms with Crippen molar-refractivity contribution in [3.8, 4) is 5.40 Å². The van der Waals surface area contributed by atoms with Crippen LogP contribution in [-0.4, -0.2) is 11.5 Å². The van der Waals surface area contributed by atoms with Crippen LogP contribution in [0, 0.1) is 10.7 Å². The highest BCUT2D eigenvalue weighted by Crippen LogP contribution is 2.09. The second kappa shape index (κ2) is 4.66. The molecule has 0 saturated heterocycles. The van der Waals surface area contributed by atoms with Crippen molar-refractivity contribution in [1.82, 2.24) is 0 Å². The molecule has 0 aromatic rings. The maximum atomic E-state index is 9.77. The second-order valence-corrected chi connectivity index (χ2v) is 2.65. The van der Waals surface area contributed by atoms with E-state index in [9.17, 15) is 4.79 Å². The van der Waals surface area contributed by atoms with Crippen molar-refractivity contribution in [1.29, 1.82) is 5.26 Å². The number of hydrogen-bond donors (Lipinski definition) is 0. The minimum Gasteiger partial charge on any atom is -0.303 e. The van der Waals surface area contributed by atoms with Gasteiger partial charge >= 0.3 is 0 Å². The van der Waals surface area contributed by atoms with Gasteiger partial charge < -0.3 is 4.79 Å². The predicted octanol–water partition coefficient (Wildman–Crippen LogP) is 1.18. The molecule has 0 rings (SSSR count). The maximum Gasteiger partial charge on any atom is 0.133 e. The number of aldehydes is 1. The summed E-state index contributed by atoms with van der Waals surface area (Å²) in [6.45, 7) is 1.85. The largest absolute Gasteiger partial charge is 0.303 e. The van der Waals surface area contributed by atoms with Crippen molar-refractivity contribution < 1.29 is 4.79 Å². The van der Waals surface area contributed by atoms with Crippen LogP contribution in [0.1, 0.15) is 13.3 Å². The Hall–Kier alpha value is -0.490. The molecule has 0 aromatic carbocycles. The molecule has 0 aliphatic rings. The van der Waals surface area contributed by atoms with Crippen LogP contribution in [0.3, 0.4) is 0 Å². The van der Waals surface area contributed by atoms with Crippen molar-refractivity contribution in [3.05, 3.63) is 0 Å². The van der Waals surface area contributed by atoms with Gasteiger partial charge in [-0.3, -0.25) is 0 Å². The molecule has 1 atom stereocenters. The van der Waals surface area contributed by atoms with Gasteiger partial charge in [0.25, 0.3) is 0 Å². The molecule has 8 heavy (non-hydrogen) atoms. The van der Waals surface area contributed by atoms with E-state index in [0.29, 0.717) is 6.42 Å². The van der Waals surface area contributed by atoms with Gasteiger partial charge in [-0.25, -0.2) is 0 Å². The smallest absolute Gasteiger partial charge is 0.133 e. The number of carbonyl (C=O) groups excluding carboxylic acids is 1. The zero-order valence-corrected chi connectivity index (χ0v) is 5.44. The fourth-order valence-electron chi connectivity index (χ4n) is 0.274. The number of rotatable bonds is 3. The van der Waals surface area contributed by atoms with Gasteiger partial charge in [-0.05, 0) is 11.8 Å². The molecule has 0 radical (unpaired) electrons. The summed E-state index contributed by atoms with van der Waals surface area (Å²) in [5.74, 6) is 0. The summed E-state index contributed by atoms with van der Waals surface area (Å²) < 4.78 is 0. The lowest BCUT2D eigenvalue weighted by Gasteiger charge is -1.95. The molecule has 0 aromatic heterocycles. The highest BCUT2D eigenvalue weighted by Gasteiger charge is 1.97. The van der Waals surface area contributed by atoms with Crippen LogP contribution >= 0.6 is 11.8 Å². The molecule has 1 unspecified atom stereocenters. The van der Waals surface area contributed by atoms with Crippen molar-refractivity contribution in [2.75, 3.05) is 0 Å². The van der Waals surface area contributed by atoms with Gasteiger partial charge in [-0.15, -0.1) is 0 Å². The molecule has 0 bridgehead atoms. The molecular formula is C5H7NOS. The third-order valence-corrected chi connectivity index (χ3v) is 1.38. The molecular weight excluding hydrogens is 122 g/mol. The molecule has 0 spiro atoms. The topological polar surface area (TPSA) is 40.9 Å². The molecule has 0 aliphatic heterocycles. The van der Waals surface area contributed by atoms with Crippen LogP contribution < -0.4 is 0 Å². The molecule has 0 N–H and O–H groups in total. The summed E-state index contributed by atoms with van der Waals surface area (Å²) in [5, 5.41) is 10.1. The predicted molar refractivity (Wildman–Crippen MR) is 33.3 cm³/mol. The monoisotopic (exact) mass is 129 g/mol. The Bertz CT molecular complexity index is 107. The fraction of sp³-hybridized carbons (Fsp3) is 0.600.